The van der Waals surface area contributed by atoms with Gasteiger partial charge in [-0.3, -0.25) is 13.9 Å². The fraction of sp³-hybridized carbons (Fsp3) is 0.571. The minimum atomic E-state index is -2.21. The number of carbonyl (C=O) groups is 2. The van der Waals surface area contributed by atoms with Gasteiger partial charge in [0.05, 0.1) is 17.6 Å². The lowest BCUT2D eigenvalue weighted by Gasteiger charge is -2.46. The predicted octanol–water partition coefficient (Wildman–Crippen LogP) is 1.34. The highest BCUT2D eigenvalue weighted by Gasteiger charge is 3.04. The highest BCUT2D eigenvalue weighted by Crippen LogP contribution is 2.84. The molecule has 1 N–H and O–H groups in total. The Morgan fingerprint density at radius 2 is 1.67 bits per heavy atom. The number of aromatic nitrogens is 4. The second-order valence-electron chi connectivity index (χ2n) is 13.0. The minimum absolute atomic E-state index is 0.0363. The van der Waals surface area contributed by atoms with Gasteiger partial charge in [0.2, 0.25) is 11.9 Å². The Kier molecular flexibility index (Phi) is 5.18. The van der Waals surface area contributed by atoms with E-state index in [-0.39, 0.29) is 10.3 Å². The number of rotatable bonds is 2. The predicted molar refractivity (Wildman–Crippen MR) is 150 cm³/mol. The highest BCUT2D eigenvalue weighted by atomic mass is 32.1. The molecule has 0 aromatic carbocycles. The van der Waals surface area contributed by atoms with E-state index in [9.17, 15) is 14.7 Å². The Morgan fingerprint density at radius 3 is 2.28 bits per heavy atom. The van der Waals surface area contributed by atoms with Crippen LogP contribution in [0.4, 0.5) is 0 Å². The molecule has 3 saturated heterocycles. The van der Waals surface area contributed by atoms with Crippen LogP contribution in [-0.4, -0.2) is 88.4 Å². The SMILES string of the molecule is C[C@@H]1C(=O)O[C@H]2[C@H](OC(=S)n3ccnc3)C34[C@@H]5OC(=O)[C@]3(O[C@@H]3OC=CC34[C@H](C(C)(C)C)[C@H]5OC(=S)n3ccnc3)[C@@]12O. The molecule has 5 fully saturated rings. The van der Waals surface area contributed by atoms with Gasteiger partial charge in [-0.2, -0.15) is 0 Å². The van der Waals surface area contributed by atoms with Crippen LogP contribution in [0, 0.1) is 28.1 Å². The third-order valence-electron chi connectivity index (χ3n) is 10.4. The molecule has 13 nitrogen and oxygen atoms in total. The lowest BCUT2D eigenvalue weighted by Crippen LogP contribution is -2.65. The molecule has 15 heteroatoms. The largest absolute Gasteiger partial charge is 0.472 e. The van der Waals surface area contributed by atoms with Crippen LogP contribution in [0.15, 0.2) is 49.8 Å². The number of nitrogens with zero attached hydrogens (tertiary/aromatic N) is 4. The van der Waals surface area contributed by atoms with E-state index in [0.717, 1.165) is 0 Å². The van der Waals surface area contributed by atoms with Crippen LogP contribution in [0.5, 0.6) is 0 Å². The first kappa shape index (κ1) is 27.2. The van der Waals surface area contributed by atoms with Crippen molar-refractivity contribution in [2.75, 3.05) is 0 Å². The summed E-state index contributed by atoms with van der Waals surface area (Å²) in [5.74, 6) is -3.25. The maximum atomic E-state index is 14.4. The molecule has 2 aromatic heterocycles. The van der Waals surface area contributed by atoms with Crippen LogP contribution in [-0.2, 0) is 38.0 Å². The number of ether oxygens (including phenoxy) is 6. The lowest BCUT2D eigenvalue weighted by atomic mass is 9.52. The summed E-state index contributed by atoms with van der Waals surface area (Å²) in [5.41, 5.74) is -7.65. The minimum Gasteiger partial charge on any atom is -0.472 e. The first-order valence-electron chi connectivity index (χ1n) is 13.9. The molecule has 0 bridgehead atoms. The summed E-state index contributed by atoms with van der Waals surface area (Å²) >= 11 is 11.4. The van der Waals surface area contributed by atoms with Crippen molar-refractivity contribution in [1.82, 2.24) is 19.1 Å². The Bertz CT molecular complexity index is 1610. The van der Waals surface area contributed by atoms with Gasteiger partial charge in [-0.25, -0.2) is 14.8 Å². The second-order valence-corrected chi connectivity index (χ2v) is 13.7. The van der Waals surface area contributed by atoms with Crippen LogP contribution < -0.4 is 0 Å². The number of esters is 2. The van der Waals surface area contributed by atoms with Gasteiger partial charge >= 0.3 is 11.9 Å². The van der Waals surface area contributed by atoms with E-state index < -0.39 is 81.9 Å². The molecular formula is C28H28N4O9S2. The smallest absolute Gasteiger partial charge is 0.343 e. The van der Waals surface area contributed by atoms with Crippen molar-refractivity contribution in [3.8, 4) is 0 Å². The van der Waals surface area contributed by atoms with Gasteiger partial charge in [-0.1, -0.05) is 20.8 Å². The molecule has 4 aliphatic heterocycles. The number of aliphatic hydroxyl groups is 1. The summed E-state index contributed by atoms with van der Waals surface area (Å²) in [5, 5.41) is 12.8. The standard InChI is InChI=1S/C28H28N4O9S2/c1-13-19(33)38-18-17(40-23(43)32-9-7-30-12-32)26-16-14(37-22(42)31-8-6-29-11-31)15(24(2,3)4)25(26)5-10-36-21(25)41-28(26,20(34)39-16)27(13,18)35/h5-18,21,35H,1-4H3/t13-,14-,15+,16-,17+,18+,21+,25?,26?,27-,28-/m1/s1. The highest BCUT2D eigenvalue weighted by molar-refractivity contribution is 7.80. The van der Waals surface area contributed by atoms with Gasteiger partial charge in [0.1, 0.15) is 24.2 Å². The van der Waals surface area contributed by atoms with Gasteiger partial charge in [-0.05, 0) is 42.9 Å². The average Bonchev–Trinajstić information content (AvgIpc) is 3.78. The van der Waals surface area contributed by atoms with Crippen molar-refractivity contribution < 1.29 is 43.1 Å². The van der Waals surface area contributed by atoms with Crippen LogP contribution in [0.1, 0.15) is 27.7 Å². The van der Waals surface area contributed by atoms with Crippen molar-refractivity contribution in [3.05, 3.63) is 49.8 Å². The summed E-state index contributed by atoms with van der Waals surface area (Å²) in [6.07, 6.45) is 7.06. The Labute approximate surface area is 256 Å². The zero-order valence-electron chi connectivity index (χ0n) is 23.5. The van der Waals surface area contributed by atoms with Gasteiger partial charge in [-0.15, -0.1) is 0 Å². The van der Waals surface area contributed by atoms with Crippen molar-refractivity contribution in [3.63, 3.8) is 0 Å². The van der Waals surface area contributed by atoms with E-state index in [0.29, 0.717) is 0 Å². The monoisotopic (exact) mass is 628 g/mol. The molecule has 2 unspecified atom stereocenters. The van der Waals surface area contributed by atoms with E-state index in [4.69, 9.17) is 52.9 Å². The fourth-order valence-electron chi connectivity index (χ4n) is 9.22. The first-order valence-corrected chi connectivity index (χ1v) is 14.7. The van der Waals surface area contributed by atoms with E-state index >= 15 is 0 Å². The fourth-order valence-corrected chi connectivity index (χ4v) is 9.65. The van der Waals surface area contributed by atoms with Crippen molar-refractivity contribution in [2.24, 2.45) is 28.1 Å². The summed E-state index contributed by atoms with van der Waals surface area (Å²) in [6, 6.07) is 0. The Hall–Kier alpha value is -3.40. The van der Waals surface area contributed by atoms with Gasteiger partial charge in [0.25, 0.3) is 10.3 Å². The van der Waals surface area contributed by atoms with Gasteiger partial charge in [0, 0.05) is 30.7 Å². The quantitative estimate of drug-likeness (QED) is 0.378. The molecular weight excluding hydrogens is 600 g/mol. The maximum absolute atomic E-state index is 14.4. The number of fused-ring (bicyclic) bond motifs is 1. The molecule has 0 radical (unpaired) electrons. The molecule has 226 valence electrons. The van der Waals surface area contributed by atoms with E-state index in [2.05, 4.69) is 9.97 Å². The van der Waals surface area contributed by atoms with Gasteiger partial charge in [0.15, 0.2) is 23.9 Å². The molecule has 8 rings (SSSR count). The number of hydrogen-bond acceptors (Lipinski definition) is 13. The molecule has 11 atom stereocenters. The number of thiocarbonyl (C=S) groups is 2. The Balaban J connectivity index is 1.40. The Morgan fingerprint density at radius 1 is 1.02 bits per heavy atom. The molecule has 43 heavy (non-hydrogen) atoms. The first-order chi connectivity index (χ1) is 20.4. The molecule has 2 aliphatic carbocycles. The van der Waals surface area contributed by atoms with E-state index in [1.807, 2.05) is 26.8 Å². The van der Waals surface area contributed by atoms with Crippen molar-refractivity contribution >= 4 is 46.7 Å². The molecule has 6 heterocycles. The maximum Gasteiger partial charge on any atom is 0.343 e. The molecule has 2 spiro atoms. The van der Waals surface area contributed by atoms with Gasteiger partial charge < -0.3 is 33.5 Å². The number of carbonyl (C=O) groups excluding carboxylic acids is 2. The summed E-state index contributed by atoms with van der Waals surface area (Å²) in [7, 11) is 0. The molecule has 2 saturated carbocycles. The molecule has 2 aromatic rings. The molecule has 6 aliphatic rings. The number of hydrogen-bond donors (Lipinski definition) is 1. The third-order valence-corrected chi connectivity index (χ3v) is 11.1. The topological polar surface area (TPSA) is 145 Å². The summed E-state index contributed by atoms with van der Waals surface area (Å²) in [6.45, 7) is 7.60. The number of imidazole rings is 2. The van der Waals surface area contributed by atoms with Crippen LogP contribution >= 0.6 is 24.4 Å². The van der Waals surface area contributed by atoms with Crippen LogP contribution in [0.2, 0.25) is 0 Å². The lowest BCUT2D eigenvalue weighted by molar-refractivity contribution is -0.236. The zero-order chi connectivity index (χ0) is 30.3. The van der Waals surface area contributed by atoms with Crippen molar-refractivity contribution in [2.45, 2.75) is 69.6 Å². The third kappa shape index (κ3) is 2.73. The summed E-state index contributed by atoms with van der Waals surface area (Å²) in [4.78, 5) is 35.6. The second kappa shape index (κ2) is 8.20. The summed E-state index contributed by atoms with van der Waals surface area (Å²) < 4.78 is 41.0. The van der Waals surface area contributed by atoms with E-state index in [1.54, 1.807) is 23.2 Å². The van der Waals surface area contributed by atoms with Crippen LogP contribution in [0.3, 0.4) is 0 Å². The molecule has 0 amide bonds. The normalized spacial score (nSPS) is 44.7. The zero-order valence-corrected chi connectivity index (χ0v) is 25.1. The van der Waals surface area contributed by atoms with Crippen LogP contribution in [0.25, 0.3) is 0 Å². The average molecular weight is 629 g/mol. The van der Waals surface area contributed by atoms with Crippen molar-refractivity contribution in [1.29, 1.82) is 0 Å². The van der Waals surface area contributed by atoms with E-state index in [1.165, 1.54) is 36.6 Å².